The largest absolute Gasteiger partial charge is 0.352 e. The highest BCUT2D eigenvalue weighted by molar-refractivity contribution is 6.05. The molecule has 2 rings (SSSR count). The monoisotopic (exact) mass is 258 g/mol. The van der Waals surface area contributed by atoms with E-state index in [1.54, 1.807) is 6.07 Å². The van der Waals surface area contributed by atoms with Crippen LogP contribution in [0.25, 0.3) is 10.9 Å². The standard InChI is InChI=1S/C15H18N2O2/c1-10(2)7-8-16-15(19)12-9-14(18)17-13-6-4-3-5-11(12)13/h3-6,9-10H,7-8H2,1-2H3,(H,16,19)(H,17,18). The Balaban J connectivity index is 2.28. The molecule has 2 N–H and O–H groups in total. The lowest BCUT2D eigenvalue weighted by Crippen LogP contribution is -2.26. The fourth-order valence-corrected chi connectivity index (χ4v) is 1.96. The van der Waals surface area contributed by atoms with Crippen molar-refractivity contribution < 1.29 is 4.79 Å². The molecule has 1 heterocycles. The van der Waals surface area contributed by atoms with Gasteiger partial charge in [-0.05, 0) is 18.4 Å². The number of aromatic nitrogens is 1. The minimum Gasteiger partial charge on any atom is -0.352 e. The maximum Gasteiger partial charge on any atom is 0.252 e. The van der Waals surface area contributed by atoms with Gasteiger partial charge in [-0.2, -0.15) is 0 Å². The highest BCUT2D eigenvalue weighted by atomic mass is 16.2. The maximum absolute atomic E-state index is 12.1. The third-order valence-electron chi connectivity index (χ3n) is 3.00. The quantitative estimate of drug-likeness (QED) is 0.884. The van der Waals surface area contributed by atoms with Gasteiger partial charge in [0.1, 0.15) is 0 Å². The van der Waals surface area contributed by atoms with E-state index in [2.05, 4.69) is 24.1 Å². The third-order valence-corrected chi connectivity index (χ3v) is 3.00. The molecule has 0 radical (unpaired) electrons. The molecule has 0 spiro atoms. The Labute approximate surface area is 111 Å². The first-order chi connectivity index (χ1) is 9.08. The van der Waals surface area contributed by atoms with E-state index in [9.17, 15) is 9.59 Å². The van der Waals surface area contributed by atoms with Gasteiger partial charge in [0, 0.05) is 23.5 Å². The normalized spacial score (nSPS) is 10.9. The number of aromatic amines is 1. The molecule has 0 aliphatic carbocycles. The van der Waals surface area contributed by atoms with Crippen molar-refractivity contribution in [2.45, 2.75) is 20.3 Å². The van der Waals surface area contributed by atoms with Crippen molar-refractivity contribution in [3.63, 3.8) is 0 Å². The molecule has 0 atom stereocenters. The van der Waals surface area contributed by atoms with Gasteiger partial charge in [-0.15, -0.1) is 0 Å². The van der Waals surface area contributed by atoms with Crippen molar-refractivity contribution in [2.24, 2.45) is 5.92 Å². The van der Waals surface area contributed by atoms with Crippen LogP contribution in [0.1, 0.15) is 30.6 Å². The summed E-state index contributed by atoms with van der Waals surface area (Å²) < 4.78 is 0. The zero-order valence-electron chi connectivity index (χ0n) is 11.2. The van der Waals surface area contributed by atoms with Crippen LogP contribution < -0.4 is 10.9 Å². The number of fused-ring (bicyclic) bond motifs is 1. The zero-order chi connectivity index (χ0) is 13.8. The Hall–Kier alpha value is -2.10. The summed E-state index contributed by atoms with van der Waals surface area (Å²) >= 11 is 0. The third kappa shape index (κ3) is 3.22. The summed E-state index contributed by atoms with van der Waals surface area (Å²) in [4.78, 5) is 26.4. The Bertz CT molecular complexity index is 644. The lowest BCUT2D eigenvalue weighted by molar-refractivity contribution is 0.0953. The average Bonchev–Trinajstić information content (AvgIpc) is 2.37. The van der Waals surface area contributed by atoms with Crippen LogP contribution in [0.15, 0.2) is 35.1 Å². The zero-order valence-corrected chi connectivity index (χ0v) is 11.2. The number of amides is 1. The predicted molar refractivity (Wildman–Crippen MR) is 76.4 cm³/mol. The van der Waals surface area contributed by atoms with Gasteiger partial charge < -0.3 is 10.3 Å². The number of rotatable bonds is 4. The molecule has 0 saturated carbocycles. The number of H-pyrrole nitrogens is 1. The second kappa shape index (κ2) is 5.69. The highest BCUT2D eigenvalue weighted by Gasteiger charge is 2.11. The molecule has 2 aromatic rings. The number of carbonyl (C=O) groups is 1. The van der Waals surface area contributed by atoms with Crippen LogP contribution in [0.4, 0.5) is 0 Å². The highest BCUT2D eigenvalue weighted by Crippen LogP contribution is 2.14. The Kier molecular flexibility index (Phi) is 4.00. The van der Waals surface area contributed by atoms with Gasteiger partial charge in [-0.25, -0.2) is 0 Å². The summed E-state index contributed by atoms with van der Waals surface area (Å²) in [5.41, 5.74) is 0.861. The van der Waals surface area contributed by atoms with Crippen LogP contribution in [0.2, 0.25) is 0 Å². The van der Waals surface area contributed by atoms with E-state index in [1.807, 2.05) is 18.2 Å². The fraction of sp³-hybridized carbons (Fsp3) is 0.333. The molecule has 0 aliphatic rings. The van der Waals surface area contributed by atoms with Crippen LogP contribution >= 0.6 is 0 Å². The minimum absolute atomic E-state index is 0.192. The first-order valence-corrected chi connectivity index (χ1v) is 6.48. The average molecular weight is 258 g/mol. The molecule has 1 aromatic heterocycles. The molecule has 1 aromatic carbocycles. The summed E-state index contributed by atoms with van der Waals surface area (Å²) in [5, 5.41) is 3.63. The molecule has 0 aliphatic heterocycles. The molecule has 4 nitrogen and oxygen atoms in total. The molecule has 4 heteroatoms. The van der Waals surface area contributed by atoms with Crippen LogP contribution in [0, 0.1) is 5.92 Å². The number of nitrogens with one attached hydrogen (secondary N) is 2. The van der Waals surface area contributed by atoms with Gasteiger partial charge in [0.25, 0.3) is 5.91 Å². The second-order valence-corrected chi connectivity index (χ2v) is 5.03. The maximum atomic E-state index is 12.1. The SMILES string of the molecule is CC(C)CCNC(=O)c1cc(=O)[nH]c2ccccc12. The Morgan fingerprint density at radius 3 is 2.79 bits per heavy atom. The van der Waals surface area contributed by atoms with Crippen molar-refractivity contribution in [3.05, 3.63) is 46.2 Å². The summed E-state index contributed by atoms with van der Waals surface area (Å²) in [5.74, 6) is 0.346. The van der Waals surface area contributed by atoms with Gasteiger partial charge in [0.05, 0.1) is 5.56 Å². The van der Waals surface area contributed by atoms with E-state index in [0.717, 1.165) is 11.8 Å². The summed E-state index contributed by atoms with van der Waals surface area (Å²) in [6, 6.07) is 8.67. The number of carbonyl (C=O) groups excluding carboxylic acids is 1. The first-order valence-electron chi connectivity index (χ1n) is 6.48. The van der Waals surface area contributed by atoms with Crippen LogP contribution in [0.5, 0.6) is 0 Å². The Morgan fingerprint density at radius 1 is 1.32 bits per heavy atom. The van der Waals surface area contributed by atoms with E-state index in [4.69, 9.17) is 0 Å². The van der Waals surface area contributed by atoms with Crippen LogP contribution in [0.3, 0.4) is 0 Å². The Morgan fingerprint density at radius 2 is 2.05 bits per heavy atom. The van der Waals surface area contributed by atoms with Crippen molar-refractivity contribution >= 4 is 16.8 Å². The van der Waals surface area contributed by atoms with Crippen LogP contribution in [-0.4, -0.2) is 17.4 Å². The minimum atomic E-state index is -0.257. The predicted octanol–water partition coefficient (Wildman–Crippen LogP) is 2.30. The number of para-hydroxylation sites is 1. The number of hydrogen-bond acceptors (Lipinski definition) is 2. The molecule has 100 valence electrons. The van der Waals surface area contributed by atoms with Gasteiger partial charge in [-0.3, -0.25) is 9.59 Å². The fourth-order valence-electron chi connectivity index (χ4n) is 1.96. The molecule has 0 bridgehead atoms. The molecule has 0 unspecified atom stereocenters. The number of pyridine rings is 1. The van der Waals surface area contributed by atoms with Gasteiger partial charge >= 0.3 is 0 Å². The summed E-state index contributed by atoms with van der Waals surface area (Å²) in [6.07, 6.45) is 0.923. The lowest BCUT2D eigenvalue weighted by atomic mass is 10.1. The molecule has 0 fully saturated rings. The van der Waals surface area contributed by atoms with E-state index < -0.39 is 0 Å². The van der Waals surface area contributed by atoms with Gasteiger partial charge in [-0.1, -0.05) is 32.0 Å². The van der Waals surface area contributed by atoms with Crippen molar-refractivity contribution in [3.8, 4) is 0 Å². The van der Waals surface area contributed by atoms with Gasteiger partial charge in [0.2, 0.25) is 5.56 Å². The molecule has 19 heavy (non-hydrogen) atoms. The van der Waals surface area contributed by atoms with Gasteiger partial charge in [0.15, 0.2) is 0 Å². The van der Waals surface area contributed by atoms with Crippen molar-refractivity contribution in [2.75, 3.05) is 6.54 Å². The topological polar surface area (TPSA) is 62.0 Å². The molecular formula is C15H18N2O2. The van der Waals surface area contributed by atoms with Crippen molar-refractivity contribution in [1.82, 2.24) is 10.3 Å². The van der Waals surface area contributed by atoms with Crippen molar-refractivity contribution in [1.29, 1.82) is 0 Å². The molecular weight excluding hydrogens is 240 g/mol. The number of benzene rings is 1. The number of hydrogen-bond donors (Lipinski definition) is 2. The first kappa shape index (κ1) is 13.3. The smallest absolute Gasteiger partial charge is 0.252 e. The van der Waals surface area contributed by atoms with E-state index >= 15 is 0 Å². The molecule has 1 amide bonds. The van der Waals surface area contributed by atoms with E-state index in [-0.39, 0.29) is 11.5 Å². The summed E-state index contributed by atoms with van der Waals surface area (Å²) in [6.45, 7) is 4.83. The second-order valence-electron chi connectivity index (χ2n) is 5.03. The van der Waals surface area contributed by atoms with E-state index in [0.29, 0.717) is 23.5 Å². The van der Waals surface area contributed by atoms with E-state index in [1.165, 1.54) is 6.07 Å². The molecule has 0 saturated heterocycles. The van der Waals surface area contributed by atoms with Crippen LogP contribution in [-0.2, 0) is 0 Å². The lowest BCUT2D eigenvalue weighted by Gasteiger charge is -2.09. The summed E-state index contributed by atoms with van der Waals surface area (Å²) in [7, 11) is 0.